The highest BCUT2D eigenvalue weighted by molar-refractivity contribution is 7.07. The van der Waals surface area contributed by atoms with E-state index in [1.807, 2.05) is 40.4 Å². The van der Waals surface area contributed by atoms with Crippen LogP contribution in [-0.4, -0.2) is 15.5 Å². The molecule has 2 heterocycles. The Kier molecular flexibility index (Phi) is 4.12. The summed E-state index contributed by atoms with van der Waals surface area (Å²) in [6, 6.07) is 9.76. The molecular formula is C16H15N3OS. The molecule has 0 aliphatic rings. The van der Waals surface area contributed by atoms with Crippen molar-refractivity contribution in [3.05, 3.63) is 65.4 Å². The second kappa shape index (κ2) is 6.37. The van der Waals surface area contributed by atoms with Crippen LogP contribution in [0.15, 0.2) is 59.8 Å². The summed E-state index contributed by atoms with van der Waals surface area (Å²) < 4.78 is 1.92. The van der Waals surface area contributed by atoms with Crippen LogP contribution < -0.4 is 5.32 Å². The molecule has 1 N–H and O–H groups in total. The van der Waals surface area contributed by atoms with Gasteiger partial charge in [0.1, 0.15) is 0 Å². The molecule has 2 aromatic heterocycles. The van der Waals surface area contributed by atoms with Crippen LogP contribution in [0.3, 0.4) is 0 Å². The second-order valence-electron chi connectivity index (χ2n) is 4.70. The Balaban J connectivity index is 1.56. The molecule has 1 amide bonds. The fraction of sp³-hybridized carbons (Fsp3) is 0.125. The fourth-order valence-electron chi connectivity index (χ4n) is 2.05. The van der Waals surface area contributed by atoms with Crippen LogP contribution in [0.4, 0.5) is 5.69 Å². The quantitative estimate of drug-likeness (QED) is 0.783. The molecule has 0 spiro atoms. The van der Waals surface area contributed by atoms with E-state index in [9.17, 15) is 4.79 Å². The van der Waals surface area contributed by atoms with E-state index in [2.05, 4.69) is 21.7 Å². The van der Waals surface area contributed by atoms with Gasteiger partial charge in [-0.25, -0.2) is 4.98 Å². The molecule has 21 heavy (non-hydrogen) atoms. The first kappa shape index (κ1) is 13.6. The van der Waals surface area contributed by atoms with Crippen LogP contribution in [0.2, 0.25) is 0 Å². The zero-order valence-corrected chi connectivity index (χ0v) is 12.2. The Labute approximate surface area is 127 Å². The maximum atomic E-state index is 11.9. The average molecular weight is 297 g/mol. The van der Waals surface area contributed by atoms with E-state index in [0.717, 1.165) is 17.8 Å². The van der Waals surface area contributed by atoms with Crippen LogP contribution in [-0.2, 0) is 11.2 Å². The average Bonchev–Trinajstić information content (AvgIpc) is 3.19. The van der Waals surface area contributed by atoms with E-state index in [1.54, 1.807) is 23.9 Å². The molecule has 0 radical (unpaired) electrons. The minimum absolute atomic E-state index is 0.0385. The number of hydrogen-bond donors (Lipinski definition) is 1. The van der Waals surface area contributed by atoms with E-state index in [4.69, 9.17) is 0 Å². The molecule has 0 saturated carbocycles. The van der Waals surface area contributed by atoms with Gasteiger partial charge in [0.15, 0.2) is 0 Å². The molecule has 0 fully saturated rings. The van der Waals surface area contributed by atoms with Crippen molar-refractivity contribution in [2.75, 3.05) is 5.32 Å². The van der Waals surface area contributed by atoms with E-state index >= 15 is 0 Å². The zero-order valence-electron chi connectivity index (χ0n) is 11.4. The fourth-order valence-corrected chi connectivity index (χ4v) is 2.75. The molecule has 0 bridgehead atoms. The zero-order chi connectivity index (χ0) is 14.5. The predicted molar refractivity (Wildman–Crippen MR) is 84.8 cm³/mol. The molecule has 0 unspecified atom stereocenters. The third kappa shape index (κ3) is 3.58. The highest BCUT2D eigenvalue weighted by atomic mass is 32.1. The lowest BCUT2D eigenvalue weighted by Crippen LogP contribution is -2.12. The van der Waals surface area contributed by atoms with E-state index in [1.165, 1.54) is 5.56 Å². The number of carbonyl (C=O) groups is 1. The third-order valence-corrected chi connectivity index (χ3v) is 3.91. The van der Waals surface area contributed by atoms with Crippen molar-refractivity contribution < 1.29 is 4.79 Å². The number of imidazole rings is 1. The van der Waals surface area contributed by atoms with Crippen LogP contribution in [0.1, 0.15) is 12.0 Å². The first-order chi connectivity index (χ1) is 10.3. The number of hydrogen-bond acceptors (Lipinski definition) is 3. The topological polar surface area (TPSA) is 46.9 Å². The molecule has 3 aromatic rings. The van der Waals surface area contributed by atoms with Crippen LogP contribution >= 0.6 is 11.3 Å². The number of aryl methyl sites for hydroxylation is 1. The number of amides is 1. The van der Waals surface area contributed by atoms with Gasteiger partial charge in [0, 0.05) is 30.2 Å². The SMILES string of the molecule is O=C(CCc1ccsc1)Nc1ccc(-n2ccnc2)cc1. The number of rotatable bonds is 5. The second-order valence-corrected chi connectivity index (χ2v) is 5.48. The van der Waals surface area contributed by atoms with Gasteiger partial charge in [0.25, 0.3) is 0 Å². The molecule has 0 aliphatic carbocycles. The van der Waals surface area contributed by atoms with Crippen LogP contribution in [0.25, 0.3) is 5.69 Å². The smallest absolute Gasteiger partial charge is 0.224 e. The summed E-state index contributed by atoms with van der Waals surface area (Å²) in [6.07, 6.45) is 6.64. The Morgan fingerprint density at radius 3 is 2.76 bits per heavy atom. The number of nitrogens with zero attached hydrogens (tertiary/aromatic N) is 2. The first-order valence-corrected chi connectivity index (χ1v) is 7.65. The lowest BCUT2D eigenvalue weighted by molar-refractivity contribution is -0.116. The Morgan fingerprint density at radius 1 is 1.24 bits per heavy atom. The van der Waals surface area contributed by atoms with Crippen molar-refractivity contribution in [3.8, 4) is 5.69 Å². The molecule has 0 atom stereocenters. The van der Waals surface area contributed by atoms with E-state index in [0.29, 0.717) is 6.42 Å². The van der Waals surface area contributed by atoms with Gasteiger partial charge in [0.05, 0.1) is 6.33 Å². The van der Waals surface area contributed by atoms with Crippen LogP contribution in [0.5, 0.6) is 0 Å². The van der Waals surface area contributed by atoms with Crippen molar-refractivity contribution >= 4 is 22.9 Å². The van der Waals surface area contributed by atoms with Crippen molar-refractivity contribution in [3.63, 3.8) is 0 Å². The van der Waals surface area contributed by atoms with Gasteiger partial charge in [-0.3, -0.25) is 4.79 Å². The molecule has 5 heteroatoms. The molecular weight excluding hydrogens is 282 g/mol. The highest BCUT2D eigenvalue weighted by Crippen LogP contribution is 2.14. The summed E-state index contributed by atoms with van der Waals surface area (Å²) in [6.45, 7) is 0. The van der Waals surface area contributed by atoms with Gasteiger partial charge in [-0.1, -0.05) is 0 Å². The van der Waals surface area contributed by atoms with Crippen molar-refractivity contribution in [2.24, 2.45) is 0 Å². The number of carbonyl (C=O) groups excluding carboxylic acids is 1. The Bertz CT molecular complexity index is 688. The number of anilines is 1. The van der Waals surface area contributed by atoms with Crippen molar-refractivity contribution in [1.82, 2.24) is 9.55 Å². The predicted octanol–water partition coefficient (Wildman–Crippen LogP) is 3.51. The van der Waals surface area contributed by atoms with Gasteiger partial charge in [0.2, 0.25) is 5.91 Å². The summed E-state index contributed by atoms with van der Waals surface area (Å²) in [5.74, 6) is 0.0385. The van der Waals surface area contributed by atoms with Gasteiger partial charge in [-0.2, -0.15) is 11.3 Å². The maximum Gasteiger partial charge on any atom is 0.224 e. The Hall–Kier alpha value is -2.40. The summed E-state index contributed by atoms with van der Waals surface area (Å²) in [4.78, 5) is 15.9. The number of benzene rings is 1. The maximum absolute atomic E-state index is 11.9. The van der Waals surface area contributed by atoms with Gasteiger partial charge >= 0.3 is 0 Å². The number of aromatic nitrogens is 2. The lowest BCUT2D eigenvalue weighted by atomic mass is 10.2. The van der Waals surface area contributed by atoms with Crippen LogP contribution in [0, 0.1) is 0 Å². The summed E-state index contributed by atoms with van der Waals surface area (Å²) in [5.41, 5.74) is 3.04. The standard InChI is InChI=1S/C16H15N3OS/c20-16(6-1-13-7-10-21-11-13)18-14-2-4-15(5-3-14)19-9-8-17-12-19/h2-5,7-12H,1,6H2,(H,18,20). The minimum atomic E-state index is 0.0385. The van der Waals surface area contributed by atoms with Gasteiger partial charge in [-0.05, 0) is 53.1 Å². The van der Waals surface area contributed by atoms with Gasteiger partial charge < -0.3 is 9.88 Å². The molecule has 106 valence electrons. The summed E-state index contributed by atoms with van der Waals surface area (Å²) in [5, 5.41) is 7.02. The Morgan fingerprint density at radius 2 is 2.10 bits per heavy atom. The molecule has 3 rings (SSSR count). The number of nitrogens with one attached hydrogen (secondary N) is 1. The molecule has 0 saturated heterocycles. The molecule has 4 nitrogen and oxygen atoms in total. The van der Waals surface area contributed by atoms with Gasteiger partial charge in [-0.15, -0.1) is 0 Å². The van der Waals surface area contributed by atoms with E-state index < -0.39 is 0 Å². The van der Waals surface area contributed by atoms with Crippen molar-refractivity contribution in [2.45, 2.75) is 12.8 Å². The molecule has 1 aromatic carbocycles. The first-order valence-electron chi connectivity index (χ1n) is 6.70. The summed E-state index contributed by atoms with van der Waals surface area (Å²) in [7, 11) is 0. The highest BCUT2D eigenvalue weighted by Gasteiger charge is 2.04. The normalized spacial score (nSPS) is 10.5. The summed E-state index contributed by atoms with van der Waals surface area (Å²) >= 11 is 1.66. The number of thiophene rings is 1. The van der Waals surface area contributed by atoms with Crippen molar-refractivity contribution in [1.29, 1.82) is 0 Å². The minimum Gasteiger partial charge on any atom is -0.326 e. The largest absolute Gasteiger partial charge is 0.326 e. The lowest BCUT2D eigenvalue weighted by Gasteiger charge is -2.07. The molecule has 0 aliphatic heterocycles. The monoisotopic (exact) mass is 297 g/mol. The third-order valence-electron chi connectivity index (χ3n) is 3.17. The van der Waals surface area contributed by atoms with E-state index in [-0.39, 0.29) is 5.91 Å².